The third-order valence-corrected chi connectivity index (χ3v) is 6.23. The minimum Gasteiger partial charge on any atom is -0.336 e. The van der Waals surface area contributed by atoms with Crippen molar-refractivity contribution >= 4 is 17.5 Å². The highest BCUT2D eigenvalue weighted by Crippen LogP contribution is 2.23. The minimum atomic E-state index is -0.198. The quantitative estimate of drug-likeness (QED) is 0.619. The number of benzene rings is 2. The number of hydrogen-bond acceptors (Lipinski definition) is 3. The number of nitrogens with one attached hydrogen (secondary N) is 1. The van der Waals surface area contributed by atoms with Gasteiger partial charge in [-0.15, -0.1) is 0 Å². The summed E-state index contributed by atoms with van der Waals surface area (Å²) in [7, 11) is 0. The lowest BCUT2D eigenvalue weighted by atomic mass is 10.0. The standard InChI is InChI=1S/C26H30N4O2/c1-4-24-22(17-27-30(24)21-11-6-5-7-12-21)25(31)28-23-14-13-20(16-18(23)2)26(32)29-15-9-8-10-19(29)3/h5-7,11-14,16-17,19H,4,8-10,15H2,1-3H3,(H,28,31). The maximum absolute atomic E-state index is 13.1. The number of hydrogen-bond donors (Lipinski definition) is 1. The molecule has 166 valence electrons. The smallest absolute Gasteiger partial charge is 0.259 e. The maximum atomic E-state index is 13.1. The van der Waals surface area contributed by atoms with Gasteiger partial charge in [-0.2, -0.15) is 5.10 Å². The molecule has 1 aromatic heterocycles. The van der Waals surface area contributed by atoms with Gasteiger partial charge >= 0.3 is 0 Å². The number of piperidine rings is 1. The number of likely N-dealkylation sites (tertiary alicyclic amines) is 1. The Balaban J connectivity index is 1.53. The molecule has 3 aromatic rings. The number of aryl methyl sites for hydroxylation is 1. The van der Waals surface area contributed by atoms with Gasteiger partial charge in [0.15, 0.2) is 0 Å². The summed E-state index contributed by atoms with van der Waals surface area (Å²) in [6.45, 7) is 6.85. The molecule has 0 radical (unpaired) electrons. The molecule has 2 amide bonds. The second kappa shape index (κ2) is 9.39. The van der Waals surface area contributed by atoms with Crippen molar-refractivity contribution in [2.75, 3.05) is 11.9 Å². The second-order valence-electron chi connectivity index (χ2n) is 8.43. The molecule has 0 saturated carbocycles. The third kappa shape index (κ3) is 4.31. The fraction of sp³-hybridized carbons (Fsp3) is 0.346. The first-order valence-corrected chi connectivity index (χ1v) is 11.3. The molecule has 0 spiro atoms. The number of carbonyl (C=O) groups excluding carboxylic acids is 2. The molecule has 4 rings (SSSR count). The average molecular weight is 431 g/mol. The summed E-state index contributed by atoms with van der Waals surface area (Å²) in [6.07, 6.45) is 5.58. The average Bonchev–Trinajstić information content (AvgIpc) is 3.25. The van der Waals surface area contributed by atoms with Crippen molar-refractivity contribution in [1.29, 1.82) is 0 Å². The van der Waals surface area contributed by atoms with Crippen molar-refractivity contribution in [1.82, 2.24) is 14.7 Å². The van der Waals surface area contributed by atoms with Crippen LogP contribution in [0.2, 0.25) is 0 Å². The largest absolute Gasteiger partial charge is 0.336 e. The molecule has 1 saturated heterocycles. The molecule has 0 aliphatic carbocycles. The zero-order valence-electron chi connectivity index (χ0n) is 19.0. The van der Waals surface area contributed by atoms with Crippen molar-refractivity contribution in [2.45, 2.75) is 52.5 Å². The van der Waals surface area contributed by atoms with Crippen LogP contribution in [0.4, 0.5) is 5.69 Å². The van der Waals surface area contributed by atoms with Gasteiger partial charge in [-0.1, -0.05) is 25.1 Å². The van der Waals surface area contributed by atoms with Crippen LogP contribution in [0, 0.1) is 6.92 Å². The van der Waals surface area contributed by atoms with Crippen LogP contribution in [0.25, 0.3) is 5.69 Å². The van der Waals surface area contributed by atoms with Gasteiger partial charge in [-0.3, -0.25) is 9.59 Å². The van der Waals surface area contributed by atoms with Crippen molar-refractivity contribution in [3.8, 4) is 5.69 Å². The molecule has 1 aliphatic rings. The van der Waals surface area contributed by atoms with Crippen LogP contribution < -0.4 is 5.32 Å². The van der Waals surface area contributed by atoms with Gasteiger partial charge in [-0.25, -0.2) is 4.68 Å². The highest BCUT2D eigenvalue weighted by atomic mass is 16.2. The van der Waals surface area contributed by atoms with Crippen LogP contribution in [-0.2, 0) is 6.42 Å². The first-order valence-electron chi connectivity index (χ1n) is 11.3. The Morgan fingerprint density at radius 3 is 2.59 bits per heavy atom. The van der Waals surface area contributed by atoms with E-state index in [0.717, 1.165) is 36.3 Å². The molecule has 6 nitrogen and oxygen atoms in total. The van der Waals surface area contributed by atoms with Gasteiger partial charge in [-0.05, 0) is 75.4 Å². The summed E-state index contributed by atoms with van der Waals surface area (Å²) in [6, 6.07) is 15.6. The Bertz CT molecular complexity index is 1120. The summed E-state index contributed by atoms with van der Waals surface area (Å²) in [4.78, 5) is 28.0. The van der Waals surface area contributed by atoms with E-state index >= 15 is 0 Å². The Morgan fingerprint density at radius 2 is 1.91 bits per heavy atom. The van der Waals surface area contributed by atoms with Crippen LogP contribution >= 0.6 is 0 Å². The summed E-state index contributed by atoms with van der Waals surface area (Å²) >= 11 is 0. The van der Waals surface area contributed by atoms with E-state index in [-0.39, 0.29) is 17.9 Å². The van der Waals surface area contributed by atoms with E-state index in [9.17, 15) is 9.59 Å². The van der Waals surface area contributed by atoms with E-state index in [0.29, 0.717) is 23.2 Å². The Morgan fingerprint density at radius 1 is 1.12 bits per heavy atom. The number of anilines is 1. The number of para-hydroxylation sites is 1. The van der Waals surface area contributed by atoms with Gasteiger partial charge in [0.05, 0.1) is 23.1 Å². The Kier molecular flexibility index (Phi) is 6.40. The number of aromatic nitrogens is 2. The summed E-state index contributed by atoms with van der Waals surface area (Å²) in [5.41, 5.74) is 4.57. The number of amides is 2. The predicted octanol–water partition coefficient (Wildman–Crippen LogP) is 5.01. The molecule has 1 aliphatic heterocycles. The van der Waals surface area contributed by atoms with Gasteiger partial charge < -0.3 is 10.2 Å². The molecule has 1 fully saturated rings. The van der Waals surface area contributed by atoms with Gasteiger partial charge in [0.2, 0.25) is 0 Å². The molecule has 2 heterocycles. The lowest BCUT2D eigenvalue weighted by Gasteiger charge is -2.33. The van der Waals surface area contributed by atoms with E-state index in [1.165, 1.54) is 6.42 Å². The maximum Gasteiger partial charge on any atom is 0.259 e. The molecular formula is C26H30N4O2. The molecule has 32 heavy (non-hydrogen) atoms. The lowest BCUT2D eigenvalue weighted by molar-refractivity contribution is 0.0635. The lowest BCUT2D eigenvalue weighted by Crippen LogP contribution is -2.42. The van der Waals surface area contributed by atoms with E-state index in [1.807, 2.05) is 65.9 Å². The minimum absolute atomic E-state index is 0.0654. The SMILES string of the molecule is CCc1c(C(=O)Nc2ccc(C(=O)N3CCCCC3C)cc2C)cnn1-c1ccccc1. The van der Waals surface area contributed by atoms with Gasteiger partial charge in [0.25, 0.3) is 11.8 Å². The molecule has 6 heteroatoms. The zero-order valence-corrected chi connectivity index (χ0v) is 19.0. The molecule has 1 N–H and O–H groups in total. The topological polar surface area (TPSA) is 67.2 Å². The van der Waals surface area contributed by atoms with Crippen LogP contribution in [0.3, 0.4) is 0 Å². The van der Waals surface area contributed by atoms with E-state index in [2.05, 4.69) is 17.3 Å². The van der Waals surface area contributed by atoms with E-state index in [4.69, 9.17) is 0 Å². The second-order valence-corrected chi connectivity index (χ2v) is 8.43. The van der Waals surface area contributed by atoms with Crippen LogP contribution in [0.15, 0.2) is 54.7 Å². The fourth-order valence-corrected chi connectivity index (χ4v) is 4.39. The number of carbonyl (C=O) groups is 2. The normalized spacial score (nSPS) is 16.1. The first-order chi connectivity index (χ1) is 15.5. The zero-order chi connectivity index (χ0) is 22.7. The summed E-state index contributed by atoms with van der Waals surface area (Å²) in [5, 5.41) is 7.45. The van der Waals surface area contributed by atoms with Crippen molar-refractivity contribution in [3.05, 3.63) is 77.1 Å². The summed E-state index contributed by atoms with van der Waals surface area (Å²) in [5.74, 6) is -0.133. The van der Waals surface area contributed by atoms with Gasteiger partial charge in [0.1, 0.15) is 0 Å². The fourth-order valence-electron chi connectivity index (χ4n) is 4.39. The Hall–Kier alpha value is -3.41. The summed E-state index contributed by atoms with van der Waals surface area (Å²) < 4.78 is 1.81. The molecule has 1 unspecified atom stereocenters. The first kappa shape index (κ1) is 21.8. The van der Waals surface area contributed by atoms with Gasteiger partial charge in [0, 0.05) is 23.8 Å². The van der Waals surface area contributed by atoms with E-state index < -0.39 is 0 Å². The highest BCUT2D eigenvalue weighted by molar-refractivity contribution is 6.05. The third-order valence-electron chi connectivity index (χ3n) is 6.23. The van der Waals surface area contributed by atoms with Crippen LogP contribution in [-0.4, -0.2) is 39.1 Å². The molecule has 1 atom stereocenters. The number of rotatable bonds is 5. The van der Waals surface area contributed by atoms with E-state index in [1.54, 1.807) is 12.3 Å². The van der Waals surface area contributed by atoms with Crippen molar-refractivity contribution < 1.29 is 9.59 Å². The monoisotopic (exact) mass is 430 g/mol. The van der Waals surface area contributed by atoms with Crippen molar-refractivity contribution in [2.24, 2.45) is 0 Å². The predicted molar refractivity (Wildman–Crippen MR) is 126 cm³/mol. The highest BCUT2D eigenvalue weighted by Gasteiger charge is 2.25. The number of nitrogens with zero attached hydrogens (tertiary/aromatic N) is 3. The van der Waals surface area contributed by atoms with Crippen LogP contribution in [0.1, 0.15) is 65.1 Å². The molecular weight excluding hydrogens is 400 g/mol. The van der Waals surface area contributed by atoms with Crippen LogP contribution in [0.5, 0.6) is 0 Å². The van der Waals surface area contributed by atoms with Crippen molar-refractivity contribution in [3.63, 3.8) is 0 Å². The molecule has 2 aromatic carbocycles. The molecule has 0 bridgehead atoms. The Labute approximate surface area is 189 Å².